The van der Waals surface area contributed by atoms with Crippen LogP contribution in [0.2, 0.25) is 10.0 Å². The number of halogens is 3. The number of nitro benzene ring substituents is 1. The first-order valence-electron chi connectivity index (χ1n) is 8.45. The van der Waals surface area contributed by atoms with Crippen LogP contribution in [0.5, 0.6) is 0 Å². The van der Waals surface area contributed by atoms with Crippen molar-refractivity contribution in [3.8, 4) is 0 Å². The summed E-state index contributed by atoms with van der Waals surface area (Å²) in [4.78, 5) is 22.6. The number of rotatable bonds is 7. The molecule has 3 rings (SSSR count). The van der Waals surface area contributed by atoms with Gasteiger partial charge in [-0.1, -0.05) is 50.9 Å². The fraction of sp³-hybridized carbons (Fsp3) is 0. The maximum absolute atomic E-state index is 12.8. The predicted molar refractivity (Wildman–Crippen MR) is 126 cm³/mol. The van der Waals surface area contributed by atoms with E-state index in [0.29, 0.717) is 14.4 Å². The lowest BCUT2D eigenvalue weighted by atomic mass is 10.2. The van der Waals surface area contributed by atoms with Gasteiger partial charge in [-0.05, 0) is 48.5 Å². The molecule has 0 aliphatic carbocycles. The standard InChI is InChI=1S/C19H11BrCl2N2O6S2/c20-10-1-4-13(19(25)26)16(7-10)23-32(29,30)12-3-6-18(17(9-12)24(27)28)31-11-2-5-14(21)15(22)8-11/h1-9,23H,(H,25,26). The van der Waals surface area contributed by atoms with Crippen LogP contribution < -0.4 is 4.72 Å². The van der Waals surface area contributed by atoms with Crippen molar-refractivity contribution in [1.29, 1.82) is 0 Å². The Morgan fingerprint density at radius 2 is 1.78 bits per heavy atom. The highest BCUT2D eigenvalue weighted by atomic mass is 79.9. The molecule has 166 valence electrons. The monoisotopic (exact) mass is 576 g/mol. The molecule has 8 nitrogen and oxygen atoms in total. The molecular formula is C19H11BrCl2N2O6S2. The molecule has 0 saturated heterocycles. The third-order valence-corrected chi connectivity index (χ3v) is 7.66. The first kappa shape index (κ1) is 24.3. The topological polar surface area (TPSA) is 127 Å². The smallest absolute Gasteiger partial charge is 0.337 e. The molecule has 0 saturated carbocycles. The molecule has 3 aromatic rings. The summed E-state index contributed by atoms with van der Waals surface area (Å²) in [6.07, 6.45) is 0. The molecule has 0 aromatic heterocycles. The summed E-state index contributed by atoms with van der Waals surface area (Å²) < 4.78 is 28.3. The molecule has 0 unspecified atom stereocenters. The molecular weight excluding hydrogens is 567 g/mol. The summed E-state index contributed by atoms with van der Waals surface area (Å²) >= 11 is 16.0. The first-order chi connectivity index (χ1) is 15.0. The second-order valence-corrected chi connectivity index (χ2v) is 10.7. The second-order valence-electron chi connectivity index (χ2n) is 6.17. The Labute approximate surface area is 204 Å². The Kier molecular flexibility index (Phi) is 7.36. The lowest BCUT2D eigenvalue weighted by Gasteiger charge is -2.12. The normalized spacial score (nSPS) is 11.2. The zero-order chi connectivity index (χ0) is 23.6. The van der Waals surface area contributed by atoms with Gasteiger partial charge in [0.15, 0.2) is 0 Å². The van der Waals surface area contributed by atoms with Crippen LogP contribution in [-0.4, -0.2) is 24.4 Å². The summed E-state index contributed by atoms with van der Waals surface area (Å²) in [5.41, 5.74) is -0.918. The second kappa shape index (κ2) is 9.67. The van der Waals surface area contributed by atoms with Crippen LogP contribution in [0.1, 0.15) is 10.4 Å². The minimum absolute atomic E-state index is 0.181. The average molecular weight is 578 g/mol. The van der Waals surface area contributed by atoms with Gasteiger partial charge in [-0.15, -0.1) is 0 Å². The number of hydrogen-bond donors (Lipinski definition) is 2. The van der Waals surface area contributed by atoms with Crippen molar-refractivity contribution in [2.45, 2.75) is 14.7 Å². The number of carboxylic acid groups (broad SMARTS) is 1. The van der Waals surface area contributed by atoms with Gasteiger partial charge >= 0.3 is 5.97 Å². The number of nitro groups is 1. The maximum atomic E-state index is 12.8. The molecule has 2 N–H and O–H groups in total. The molecule has 0 aliphatic rings. The van der Waals surface area contributed by atoms with Crippen molar-refractivity contribution in [1.82, 2.24) is 0 Å². The summed E-state index contributed by atoms with van der Waals surface area (Å²) in [6.45, 7) is 0. The van der Waals surface area contributed by atoms with Gasteiger partial charge in [0.25, 0.3) is 15.7 Å². The van der Waals surface area contributed by atoms with Crippen molar-refractivity contribution in [2.75, 3.05) is 4.72 Å². The van der Waals surface area contributed by atoms with Crippen LogP contribution in [0.15, 0.2) is 73.8 Å². The van der Waals surface area contributed by atoms with E-state index < -0.39 is 31.5 Å². The molecule has 0 bridgehead atoms. The molecule has 0 amide bonds. The van der Waals surface area contributed by atoms with Crippen LogP contribution in [-0.2, 0) is 10.0 Å². The van der Waals surface area contributed by atoms with Crippen molar-refractivity contribution < 1.29 is 23.2 Å². The molecule has 0 radical (unpaired) electrons. The number of aromatic carboxylic acids is 1. The maximum Gasteiger partial charge on any atom is 0.337 e. The van der Waals surface area contributed by atoms with E-state index >= 15 is 0 Å². The van der Waals surface area contributed by atoms with Crippen molar-refractivity contribution in [2.24, 2.45) is 0 Å². The van der Waals surface area contributed by atoms with E-state index in [-0.39, 0.29) is 21.2 Å². The Hall–Kier alpha value is -2.31. The molecule has 0 fully saturated rings. The SMILES string of the molecule is O=C(O)c1ccc(Br)cc1NS(=O)(=O)c1ccc(Sc2ccc(Cl)c(Cl)c2)c([N+](=O)[O-])c1. The predicted octanol–water partition coefficient (Wildman–Crippen LogP) is 6.31. The number of nitrogens with zero attached hydrogens (tertiary/aromatic N) is 1. The number of sulfonamides is 1. The Bertz CT molecular complexity index is 1350. The molecule has 0 spiro atoms. The first-order valence-corrected chi connectivity index (χ1v) is 12.3. The van der Waals surface area contributed by atoms with E-state index in [1.807, 2.05) is 0 Å². The number of benzene rings is 3. The molecule has 3 aromatic carbocycles. The highest BCUT2D eigenvalue weighted by molar-refractivity contribution is 9.10. The summed E-state index contributed by atoms with van der Waals surface area (Å²) in [6, 6.07) is 12.0. The van der Waals surface area contributed by atoms with Gasteiger partial charge < -0.3 is 5.11 Å². The number of hydrogen-bond acceptors (Lipinski definition) is 6. The molecule has 13 heteroatoms. The lowest BCUT2D eigenvalue weighted by Crippen LogP contribution is -2.16. The van der Waals surface area contributed by atoms with Crippen molar-refractivity contribution >= 4 is 78.3 Å². The number of carboxylic acids is 1. The minimum atomic E-state index is -4.33. The minimum Gasteiger partial charge on any atom is -0.478 e. The summed E-state index contributed by atoms with van der Waals surface area (Å²) in [5, 5.41) is 21.5. The number of nitrogens with one attached hydrogen (secondary N) is 1. The van der Waals surface area contributed by atoms with Gasteiger partial charge in [-0.25, -0.2) is 13.2 Å². The Balaban J connectivity index is 1.99. The van der Waals surface area contributed by atoms with Gasteiger partial charge in [0.1, 0.15) is 0 Å². The van der Waals surface area contributed by atoms with Gasteiger partial charge in [0, 0.05) is 15.4 Å². The zero-order valence-corrected chi connectivity index (χ0v) is 20.3. The molecule has 0 heterocycles. The van der Waals surface area contributed by atoms with Crippen molar-refractivity contribution in [3.05, 3.63) is 84.8 Å². The third kappa shape index (κ3) is 5.54. The molecule has 32 heavy (non-hydrogen) atoms. The highest BCUT2D eigenvalue weighted by Crippen LogP contribution is 2.38. The fourth-order valence-corrected chi connectivity index (χ4v) is 5.31. The lowest BCUT2D eigenvalue weighted by molar-refractivity contribution is -0.388. The van der Waals surface area contributed by atoms with Crippen LogP contribution in [0.25, 0.3) is 0 Å². The van der Waals surface area contributed by atoms with Crippen LogP contribution in [0, 0.1) is 10.1 Å². The van der Waals surface area contributed by atoms with Crippen LogP contribution in [0.4, 0.5) is 11.4 Å². The highest BCUT2D eigenvalue weighted by Gasteiger charge is 2.24. The van der Waals surface area contributed by atoms with E-state index in [2.05, 4.69) is 20.7 Å². The van der Waals surface area contributed by atoms with Gasteiger partial charge in [-0.3, -0.25) is 14.8 Å². The Morgan fingerprint density at radius 1 is 1.06 bits per heavy atom. The van der Waals surface area contributed by atoms with E-state index in [9.17, 15) is 28.4 Å². The average Bonchev–Trinajstić information content (AvgIpc) is 2.70. The number of carbonyl (C=O) groups is 1. The van der Waals surface area contributed by atoms with Gasteiger partial charge in [0.2, 0.25) is 0 Å². The largest absolute Gasteiger partial charge is 0.478 e. The molecule has 0 atom stereocenters. The number of anilines is 1. The zero-order valence-electron chi connectivity index (χ0n) is 15.6. The van der Waals surface area contributed by atoms with E-state index in [1.165, 1.54) is 36.4 Å². The summed E-state index contributed by atoms with van der Waals surface area (Å²) in [7, 11) is -4.33. The third-order valence-electron chi connectivity index (χ3n) is 4.01. The van der Waals surface area contributed by atoms with Gasteiger partial charge in [0.05, 0.1) is 36.0 Å². The van der Waals surface area contributed by atoms with Crippen LogP contribution >= 0.6 is 50.9 Å². The Morgan fingerprint density at radius 3 is 2.41 bits per heavy atom. The van der Waals surface area contributed by atoms with E-state index in [0.717, 1.165) is 17.8 Å². The molecule has 0 aliphatic heterocycles. The van der Waals surface area contributed by atoms with Gasteiger partial charge in [-0.2, -0.15) is 0 Å². The summed E-state index contributed by atoms with van der Waals surface area (Å²) in [5.74, 6) is -1.34. The van der Waals surface area contributed by atoms with E-state index in [1.54, 1.807) is 12.1 Å². The van der Waals surface area contributed by atoms with Crippen LogP contribution in [0.3, 0.4) is 0 Å². The fourth-order valence-electron chi connectivity index (χ4n) is 2.55. The van der Waals surface area contributed by atoms with E-state index in [4.69, 9.17) is 23.2 Å². The van der Waals surface area contributed by atoms with Crippen molar-refractivity contribution in [3.63, 3.8) is 0 Å². The quantitative estimate of drug-likeness (QED) is 0.248.